The van der Waals surface area contributed by atoms with Gasteiger partial charge in [0.1, 0.15) is 5.75 Å². The van der Waals surface area contributed by atoms with Crippen LogP contribution in [0.1, 0.15) is 25.1 Å². The second-order valence-corrected chi connectivity index (χ2v) is 8.14. The monoisotopic (exact) mass is 409 g/mol. The van der Waals surface area contributed by atoms with Crippen molar-refractivity contribution in [1.29, 1.82) is 0 Å². The summed E-state index contributed by atoms with van der Waals surface area (Å²) in [6, 6.07) is 5.30. The third-order valence-corrected chi connectivity index (χ3v) is 5.22. The first-order valence-electron chi connectivity index (χ1n) is 8.90. The second-order valence-electron chi connectivity index (χ2n) is 6.84. The van der Waals surface area contributed by atoms with Gasteiger partial charge in [0, 0.05) is 30.0 Å². The molecule has 0 spiro atoms. The van der Waals surface area contributed by atoms with E-state index in [1.807, 2.05) is 12.3 Å². The molecule has 2 heterocycles. The number of carbonyl (C=O) groups is 1. The van der Waals surface area contributed by atoms with E-state index in [0.29, 0.717) is 15.9 Å². The van der Waals surface area contributed by atoms with Gasteiger partial charge in [0.25, 0.3) is 5.91 Å². The first-order valence-corrected chi connectivity index (χ1v) is 10.2. The number of morpholine rings is 1. The van der Waals surface area contributed by atoms with E-state index in [9.17, 15) is 4.79 Å². The number of aromatic nitrogens is 1. The van der Waals surface area contributed by atoms with Crippen molar-refractivity contribution in [3.05, 3.63) is 39.9 Å². The molecule has 1 N–H and O–H groups in total. The highest BCUT2D eigenvalue weighted by molar-refractivity contribution is 7.13. The number of hydrogen-bond acceptors (Lipinski definition) is 6. The summed E-state index contributed by atoms with van der Waals surface area (Å²) in [6.07, 6.45) is 0.445. The lowest BCUT2D eigenvalue weighted by Gasteiger charge is -2.34. The lowest BCUT2D eigenvalue weighted by Crippen LogP contribution is -2.44. The minimum absolute atomic E-state index is 0.0735. The van der Waals surface area contributed by atoms with Gasteiger partial charge in [0.05, 0.1) is 17.9 Å². The Morgan fingerprint density at radius 2 is 2.15 bits per heavy atom. The van der Waals surface area contributed by atoms with Crippen LogP contribution in [0.2, 0.25) is 5.02 Å². The average Bonchev–Trinajstić information content (AvgIpc) is 3.00. The Kier molecular flexibility index (Phi) is 6.70. The van der Waals surface area contributed by atoms with Crippen LogP contribution in [-0.4, -0.2) is 47.7 Å². The van der Waals surface area contributed by atoms with Crippen molar-refractivity contribution in [3.63, 3.8) is 0 Å². The summed E-state index contributed by atoms with van der Waals surface area (Å²) in [4.78, 5) is 19.0. The predicted octanol–water partition coefficient (Wildman–Crippen LogP) is 3.73. The Balaban J connectivity index is 1.49. The summed E-state index contributed by atoms with van der Waals surface area (Å²) in [5, 5.41) is 6.00. The van der Waals surface area contributed by atoms with Crippen molar-refractivity contribution in [1.82, 2.24) is 9.88 Å². The summed E-state index contributed by atoms with van der Waals surface area (Å²) < 4.78 is 11.3. The fourth-order valence-corrected chi connectivity index (χ4v) is 4.10. The molecule has 2 unspecified atom stereocenters. The molecule has 8 heteroatoms. The number of thiazole rings is 1. The highest BCUT2D eigenvalue weighted by Gasteiger charge is 2.22. The number of aryl methyl sites for hydroxylation is 1. The standard InChI is InChI=1S/C19H24ClN3O3S/c1-12-6-15(20)4-5-17(12)25-10-18(24)22-19-21-16(11-27-19)9-23-7-13(2)26-14(3)8-23/h4-6,11,13-14H,7-10H2,1-3H3,(H,21,22,24). The van der Waals surface area contributed by atoms with Crippen molar-refractivity contribution in [2.75, 3.05) is 25.0 Å². The van der Waals surface area contributed by atoms with Gasteiger partial charge in [-0.3, -0.25) is 15.0 Å². The van der Waals surface area contributed by atoms with E-state index >= 15 is 0 Å². The highest BCUT2D eigenvalue weighted by atomic mass is 35.5. The van der Waals surface area contributed by atoms with Crippen LogP contribution in [0.4, 0.5) is 5.13 Å². The second kappa shape index (κ2) is 9.01. The Hall–Kier alpha value is -1.67. The van der Waals surface area contributed by atoms with E-state index in [0.717, 1.165) is 30.9 Å². The molecule has 2 atom stereocenters. The summed E-state index contributed by atoms with van der Waals surface area (Å²) in [5.41, 5.74) is 1.84. The number of nitrogens with zero attached hydrogens (tertiary/aromatic N) is 2. The third-order valence-electron chi connectivity index (χ3n) is 4.17. The van der Waals surface area contributed by atoms with Crippen LogP contribution in [0.5, 0.6) is 5.75 Å². The van der Waals surface area contributed by atoms with E-state index in [-0.39, 0.29) is 24.7 Å². The van der Waals surface area contributed by atoms with Crippen molar-refractivity contribution in [3.8, 4) is 5.75 Å². The number of nitrogens with one attached hydrogen (secondary N) is 1. The molecule has 1 aromatic heterocycles. The lowest BCUT2D eigenvalue weighted by atomic mass is 10.2. The molecule has 0 radical (unpaired) electrons. The van der Waals surface area contributed by atoms with Crippen LogP contribution in [0.15, 0.2) is 23.6 Å². The average molecular weight is 410 g/mol. The molecule has 27 heavy (non-hydrogen) atoms. The number of carbonyl (C=O) groups excluding carboxylic acids is 1. The number of hydrogen-bond donors (Lipinski definition) is 1. The molecule has 0 bridgehead atoms. The SMILES string of the molecule is Cc1cc(Cl)ccc1OCC(=O)Nc1nc(CN2CC(C)OC(C)C2)cs1. The van der Waals surface area contributed by atoms with Gasteiger partial charge in [0.15, 0.2) is 11.7 Å². The largest absolute Gasteiger partial charge is 0.483 e. The first kappa shape index (κ1) is 20.1. The minimum atomic E-state index is -0.237. The topological polar surface area (TPSA) is 63.7 Å². The van der Waals surface area contributed by atoms with Crippen LogP contribution >= 0.6 is 22.9 Å². The molecule has 1 saturated heterocycles. The van der Waals surface area contributed by atoms with E-state index in [1.165, 1.54) is 11.3 Å². The summed E-state index contributed by atoms with van der Waals surface area (Å²) >= 11 is 7.34. The smallest absolute Gasteiger partial charge is 0.264 e. The Labute approximate surface area is 168 Å². The quantitative estimate of drug-likeness (QED) is 0.787. The van der Waals surface area contributed by atoms with Gasteiger partial charge in [-0.25, -0.2) is 4.98 Å². The predicted molar refractivity (Wildman–Crippen MR) is 108 cm³/mol. The van der Waals surface area contributed by atoms with Gasteiger partial charge in [-0.15, -0.1) is 11.3 Å². The molecule has 2 aromatic rings. The van der Waals surface area contributed by atoms with Crippen LogP contribution in [-0.2, 0) is 16.1 Å². The maximum absolute atomic E-state index is 12.1. The zero-order valence-electron chi connectivity index (χ0n) is 15.7. The summed E-state index contributed by atoms with van der Waals surface area (Å²) in [5.74, 6) is 0.406. The molecular formula is C19H24ClN3O3S. The van der Waals surface area contributed by atoms with Crippen LogP contribution in [0.25, 0.3) is 0 Å². The van der Waals surface area contributed by atoms with Crippen molar-refractivity contribution in [2.24, 2.45) is 0 Å². The van der Waals surface area contributed by atoms with E-state index in [2.05, 4.69) is 29.0 Å². The Morgan fingerprint density at radius 3 is 2.85 bits per heavy atom. The van der Waals surface area contributed by atoms with Crippen LogP contribution < -0.4 is 10.1 Å². The normalized spacial score (nSPS) is 20.4. The molecule has 1 aromatic carbocycles. The zero-order chi connectivity index (χ0) is 19.4. The van der Waals surface area contributed by atoms with Gasteiger partial charge in [-0.2, -0.15) is 0 Å². The first-order chi connectivity index (χ1) is 12.9. The number of halogens is 1. The Bertz CT molecular complexity index is 788. The number of amides is 1. The van der Waals surface area contributed by atoms with Crippen molar-refractivity contribution in [2.45, 2.75) is 39.5 Å². The molecular weight excluding hydrogens is 386 g/mol. The Morgan fingerprint density at radius 1 is 1.41 bits per heavy atom. The lowest BCUT2D eigenvalue weighted by molar-refractivity contribution is -0.118. The molecule has 3 rings (SSSR count). The molecule has 0 aliphatic carbocycles. The highest BCUT2D eigenvalue weighted by Crippen LogP contribution is 2.22. The van der Waals surface area contributed by atoms with E-state index < -0.39 is 0 Å². The molecule has 6 nitrogen and oxygen atoms in total. The van der Waals surface area contributed by atoms with E-state index in [4.69, 9.17) is 21.1 Å². The van der Waals surface area contributed by atoms with E-state index in [1.54, 1.807) is 18.2 Å². The fraction of sp³-hybridized carbons (Fsp3) is 0.474. The van der Waals surface area contributed by atoms with Gasteiger partial charge in [0.2, 0.25) is 0 Å². The zero-order valence-corrected chi connectivity index (χ0v) is 17.3. The molecule has 146 valence electrons. The van der Waals surface area contributed by atoms with Crippen molar-refractivity contribution >= 4 is 34.0 Å². The van der Waals surface area contributed by atoms with Crippen molar-refractivity contribution < 1.29 is 14.3 Å². The van der Waals surface area contributed by atoms with Crippen LogP contribution in [0, 0.1) is 6.92 Å². The minimum Gasteiger partial charge on any atom is -0.483 e. The molecule has 1 aliphatic heterocycles. The molecule has 1 aliphatic rings. The number of benzene rings is 1. The van der Waals surface area contributed by atoms with Gasteiger partial charge < -0.3 is 9.47 Å². The summed E-state index contributed by atoms with van der Waals surface area (Å²) in [7, 11) is 0. The van der Waals surface area contributed by atoms with Crippen LogP contribution in [0.3, 0.4) is 0 Å². The maximum atomic E-state index is 12.1. The molecule has 1 amide bonds. The number of anilines is 1. The number of ether oxygens (including phenoxy) is 2. The van der Waals surface area contributed by atoms with Gasteiger partial charge >= 0.3 is 0 Å². The number of rotatable bonds is 6. The fourth-order valence-electron chi connectivity index (χ4n) is 3.15. The molecule has 1 fully saturated rings. The van der Waals surface area contributed by atoms with Gasteiger partial charge in [-0.05, 0) is 44.5 Å². The molecule has 0 saturated carbocycles. The van der Waals surface area contributed by atoms with Gasteiger partial charge in [-0.1, -0.05) is 11.6 Å². The summed E-state index contributed by atoms with van der Waals surface area (Å²) in [6.45, 7) is 8.51. The maximum Gasteiger partial charge on any atom is 0.264 e. The third kappa shape index (κ3) is 5.90.